The van der Waals surface area contributed by atoms with Gasteiger partial charge in [0.05, 0.1) is 23.2 Å². The molecule has 0 unspecified atom stereocenters. The van der Waals surface area contributed by atoms with E-state index in [9.17, 15) is 14.4 Å². The molecule has 0 aliphatic rings. The van der Waals surface area contributed by atoms with Gasteiger partial charge in [-0.25, -0.2) is 5.10 Å². The Balaban J connectivity index is 0.00000149. The molecule has 0 saturated heterocycles. The molecule has 0 saturated carbocycles. The number of pyridine rings is 1. The zero-order chi connectivity index (χ0) is 24.0. The van der Waals surface area contributed by atoms with Crippen LogP contribution in [0.3, 0.4) is 0 Å². The van der Waals surface area contributed by atoms with Crippen molar-refractivity contribution in [2.45, 2.75) is 27.3 Å². The van der Waals surface area contributed by atoms with Crippen LogP contribution < -0.4 is 5.56 Å². The van der Waals surface area contributed by atoms with Crippen molar-refractivity contribution in [1.29, 1.82) is 0 Å². The first-order valence-corrected chi connectivity index (χ1v) is 10.7. The topological polar surface area (TPSA) is 96.0 Å². The number of carbonyl (C=O) groups is 2. The molecule has 33 heavy (non-hydrogen) atoms. The van der Waals surface area contributed by atoms with Crippen molar-refractivity contribution < 1.29 is 9.59 Å². The predicted octanol–water partition coefficient (Wildman–Crippen LogP) is 4.40. The number of hydrogen-bond donors (Lipinski definition) is 1. The maximum atomic E-state index is 12.9. The number of carbonyl (C=O) groups excluding carboxylic acids is 2. The minimum absolute atomic E-state index is 0.162. The lowest BCUT2D eigenvalue weighted by Crippen LogP contribution is -2.28. The number of rotatable bonds is 5. The van der Waals surface area contributed by atoms with Gasteiger partial charge in [0.1, 0.15) is 0 Å². The molecule has 7 heteroatoms. The molecule has 2 heterocycles. The highest BCUT2D eigenvalue weighted by atomic mass is 16.2. The molecular formula is C26H26N4O3. The van der Waals surface area contributed by atoms with Crippen molar-refractivity contribution in [2.75, 3.05) is 7.05 Å². The second kappa shape index (κ2) is 10.5. The fraction of sp³-hybridized carbons (Fsp3) is 0.192. The third-order valence-electron chi connectivity index (χ3n) is 5.13. The molecular weight excluding hydrogens is 416 g/mol. The van der Waals surface area contributed by atoms with E-state index in [2.05, 4.69) is 15.2 Å². The Labute approximate surface area is 192 Å². The van der Waals surface area contributed by atoms with E-state index in [-0.39, 0.29) is 18.0 Å². The van der Waals surface area contributed by atoms with Gasteiger partial charge in [-0.05, 0) is 42.3 Å². The third-order valence-corrected chi connectivity index (χ3v) is 5.13. The molecule has 0 atom stereocenters. The first-order valence-electron chi connectivity index (χ1n) is 10.7. The van der Waals surface area contributed by atoms with E-state index in [0.717, 1.165) is 16.7 Å². The summed E-state index contributed by atoms with van der Waals surface area (Å²) in [7, 11) is 1.64. The van der Waals surface area contributed by atoms with Crippen molar-refractivity contribution in [3.8, 4) is 11.1 Å². The van der Waals surface area contributed by atoms with Crippen LogP contribution in [-0.2, 0) is 6.54 Å². The van der Waals surface area contributed by atoms with Crippen LogP contribution in [0.5, 0.6) is 0 Å². The van der Waals surface area contributed by atoms with Crippen LogP contribution in [0.1, 0.15) is 45.8 Å². The summed E-state index contributed by atoms with van der Waals surface area (Å²) in [4.78, 5) is 42.2. The number of H-pyrrole nitrogens is 1. The second-order valence-corrected chi connectivity index (χ2v) is 7.38. The maximum Gasteiger partial charge on any atom is 0.272 e. The van der Waals surface area contributed by atoms with E-state index >= 15 is 0 Å². The summed E-state index contributed by atoms with van der Waals surface area (Å²) in [6, 6.07) is 14.2. The van der Waals surface area contributed by atoms with Gasteiger partial charge in [0.15, 0.2) is 6.29 Å². The largest absolute Gasteiger partial charge is 0.336 e. The van der Waals surface area contributed by atoms with Crippen LogP contribution in [0.4, 0.5) is 0 Å². The number of fused-ring (bicyclic) bond motifs is 1. The molecule has 0 fully saturated rings. The molecule has 2 aromatic heterocycles. The fourth-order valence-electron chi connectivity index (χ4n) is 3.53. The lowest BCUT2D eigenvalue weighted by molar-refractivity contribution is 0.0780. The van der Waals surface area contributed by atoms with E-state index in [1.807, 2.05) is 39.0 Å². The number of benzene rings is 2. The van der Waals surface area contributed by atoms with Gasteiger partial charge < -0.3 is 4.90 Å². The Bertz CT molecular complexity index is 1360. The van der Waals surface area contributed by atoms with Crippen molar-refractivity contribution in [1.82, 2.24) is 20.1 Å². The van der Waals surface area contributed by atoms with Crippen LogP contribution in [0.25, 0.3) is 21.9 Å². The molecule has 0 radical (unpaired) electrons. The van der Waals surface area contributed by atoms with Gasteiger partial charge in [0, 0.05) is 36.0 Å². The minimum Gasteiger partial charge on any atom is -0.336 e. The summed E-state index contributed by atoms with van der Waals surface area (Å²) in [5.41, 5.74) is 3.76. The average molecular weight is 443 g/mol. The zero-order valence-corrected chi connectivity index (χ0v) is 19.1. The molecule has 1 N–H and O–H groups in total. The summed E-state index contributed by atoms with van der Waals surface area (Å²) >= 11 is 0. The normalized spacial score (nSPS) is 10.3. The third kappa shape index (κ3) is 5.03. The van der Waals surface area contributed by atoms with E-state index in [0.29, 0.717) is 33.9 Å². The molecule has 0 aliphatic carbocycles. The lowest BCUT2D eigenvalue weighted by Gasteiger charge is -2.18. The first kappa shape index (κ1) is 23.5. The number of aldehydes is 1. The van der Waals surface area contributed by atoms with Crippen molar-refractivity contribution >= 4 is 23.0 Å². The Morgan fingerprint density at radius 1 is 1.03 bits per heavy atom. The van der Waals surface area contributed by atoms with Gasteiger partial charge in [-0.2, -0.15) is 5.10 Å². The van der Waals surface area contributed by atoms with E-state index in [4.69, 9.17) is 0 Å². The summed E-state index contributed by atoms with van der Waals surface area (Å²) in [6.07, 6.45) is 4.21. The quantitative estimate of drug-likeness (QED) is 0.462. The molecule has 4 aromatic rings. The van der Waals surface area contributed by atoms with Gasteiger partial charge in [-0.1, -0.05) is 38.1 Å². The standard InChI is InChI=1S/C24H20N4O3.C2H6/c1-15-9-18(12-25-11-15)16-7-8-20-21(10-16)22(26-27-23(20)30)13-28(2)24(31)19-6-4-3-5-17(19)14-29;1-2/h3-12,14H,13H2,1-2H3,(H,27,30);1-2H3. The highest BCUT2D eigenvalue weighted by Crippen LogP contribution is 2.25. The van der Waals surface area contributed by atoms with Crippen molar-refractivity contribution in [3.05, 3.63) is 93.7 Å². The Kier molecular flexibility index (Phi) is 7.46. The van der Waals surface area contributed by atoms with E-state index in [1.165, 1.54) is 4.90 Å². The summed E-state index contributed by atoms with van der Waals surface area (Å²) in [6.45, 7) is 6.13. The Morgan fingerprint density at radius 3 is 2.52 bits per heavy atom. The number of aromatic nitrogens is 3. The van der Waals surface area contributed by atoms with Crippen molar-refractivity contribution in [3.63, 3.8) is 0 Å². The number of amides is 1. The van der Waals surface area contributed by atoms with Crippen LogP contribution in [0.15, 0.2) is 65.7 Å². The number of aryl methyl sites for hydroxylation is 1. The van der Waals surface area contributed by atoms with Gasteiger partial charge in [-0.3, -0.25) is 19.4 Å². The predicted molar refractivity (Wildman–Crippen MR) is 129 cm³/mol. The Hall–Kier alpha value is -4.13. The molecule has 0 bridgehead atoms. The van der Waals surface area contributed by atoms with E-state index < -0.39 is 0 Å². The van der Waals surface area contributed by atoms with Crippen LogP contribution >= 0.6 is 0 Å². The molecule has 1 amide bonds. The molecule has 2 aromatic carbocycles. The van der Waals surface area contributed by atoms with Crippen LogP contribution in [0, 0.1) is 6.92 Å². The summed E-state index contributed by atoms with van der Waals surface area (Å²) < 4.78 is 0. The number of hydrogen-bond acceptors (Lipinski definition) is 5. The first-order chi connectivity index (χ1) is 16.0. The van der Waals surface area contributed by atoms with Crippen LogP contribution in [-0.4, -0.2) is 39.3 Å². The number of aromatic amines is 1. The van der Waals surface area contributed by atoms with Crippen LogP contribution in [0.2, 0.25) is 0 Å². The van der Waals surface area contributed by atoms with E-state index in [1.54, 1.807) is 49.8 Å². The highest BCUT2D eigenvalue weighted by Gasteiger charge is 2.18. The average Bonchev–Trinajstić information content (AvgIpc) is 2.86. The number of nitrogens with zero attached hydrogens (tertiary/aromatic N) is 3. The minimum atomic E-state index is -0.303. The smallest absolute Gasteiger partial charge is 0.272 e. The van der Waals surface area contributed by atoms with Crippen molar-refractivity contribution in [2.24, 2.45) is 0 Å². The molecule has 0 spiro atoms. The SMILES string of the molecule is CC.Cc1cncc(-c2ccc3c(=O)[nH]nc(CN(C)C(=O)c4ccccc4C=O)c3c2)c1. The fourth-order valence-corrected chi connectivity index (χ4v) is 3.53. The monoisotopic (exact) mass is 442 g/mol. The van der Waals surface area contributed by atoms with Gasteiger partial charge in [-0.15, -0.1) is 0 Å². The Morgan fingerprint density at radius 2 is 1.79 bits per heavy atom. The highest BCUT2D eigenvalue weighted by molar-refractivity contribution is 6.01. The molecule has 4 rings (SSSR count). The maximum absolute atomic E-state index is 12.9. The van der Waals surface area contributed by atoms with Gasteiger partial charge >= 0.3 is 0 Å². The number of nitrogens with one attached hydrogen (secondary N) is 1. The zero-order valence-electron chi connectivity index (χ0n) is 19.1. The summed E-state index contributed by atoms with van der Waals surface area (Å²) in [5.74, 6) is -0.303. The van der Waals surface area contributed by atoms with Gasteiger partial charge in [0.2, 0.25) is 0 Å². The summed E-state index contributed by atoms with van der Waals surface area (Å²) in [5, 5.41) is 7.85. The lowest BCUT2D eigenvalue weighted by atomic mass is 10.0. The molecule has 7 nitrogen and oxygen atoms in total. The second-order valence-electron chi connectivity index (χ2n) is 7.38. The molecule has 0 aliphatic heterocycles. The molecule has 168 valence electrons. The van der Waals surface area contributed by atoms with Gasteiger partial charge in [0.25, 0.3) is 11.5 Å².